The van der Waals surface area contributed by atoms with Crippen LogP contribution in [-0.4, -0.2) is 26.2 Å². The number of rotatable bonds is 6. The number of aryl methyl sites for hydroxylation is 2. The average molecular weight is 545 g/mol. The summed E-state index contributed by atoms with van der Waals surface area (Å²) in [6, 6.07) is 22.4. The number of hydrogen-bond donors (Lipinski definition) is 0. The van der Waals surface area contributed by atoms with Crippen LogP contribution >= 0.6 is 0 Å². The number of fused-ring (bicyclic) bond motifs is 2. The monoisotopic (exact) mass is 544 g/mol. The van der Waals surface area contributed by atoms with Gasteiger partial charge in [0.1, 0.15) is 33.3 Å². The van der Waals surface area contributed by atoms with E-state index in [4.69, 9.17) is 9.47 Å². The maximum atomic E-state index is 12.3. The Balaban J connectivity index is 1.84. The minimum Gasteiger partial charge on any atom is -0.545 e. The molecule has 8 heteroatoms. The molecule has 192 valence electrons. The lowest BCUT2D eigenvalue weighted by Gasteiger charge is -2.23. The predicted molar refractivity (Wildman–Crippen MR) is 141 cm³/mol. The fourth-order valence-electron chi connectivity index (χ4n) is 4.71. The summed E-state index contributed by atoms with van der Waals surface area (Å²) in [6.07, 6.45) is 0. The highest BCUT2D eigenvalue weighted by Gasteiger charge is 2.51. The van der Waals surface area contributed by atoms with Gasteiger partial charge in [0.2, 0.25) is 19.6 Å². The molecule has 0 aromatic heterocycles. The Bertz CT molecular complexity index is 1430. The smallest absolute Gasteiger partial charge is 0.222 e. The van der Waals surface area contributed by atoms with Crippen LogP contribution in [0.15, 0.2) is 102 Å². The first-order valence-electron chi connectivity index (χ1n) is 11.7. The lowest BCUT2D eigenvalue weighted by Crippen LogP contribution is -2.29. The molecule has 0 bridgehead atoms. The van der Waals surface area contributed by atoms with Crippen molar-refractivity contribution in [3.05, 3.63) is 95.1 Å². The standard InChI is InChI=1S/C30H24O6S2/c1-17-13-27(19(29(31)32)15-21(17)35-3)37-23-9-5-7-11-25(23)38(26-12-8-6-10-24(26)37)28-14-18(2)22(36-4)16-20(28)30(33)34/h5-16H,1-4H3. The second-order valence-corrected chi connectivity index (χ2v) is 12.6. The molecule has 1 heterocycles. The fourth-order valence-corrected chi connectivity index (χ4v) is 10.4. The third kappa shape index (κ3) is 4.19. The van der Waals surface area contributed by atoms with Gasteiger partial charge in [0, 0.05) is 12.1 Å². The Labute approximate surface area is 226 Å². The van der Waals surface area contributed by atoms with Gasteiger partial charge in [-0.3, -0.25) is 0 Å². The van der Waals surface area contributed by atoms with Crippen LogP contribution in [0.2, 0.25) is 0 Å². The number of carbonyl (C=O) groups is 2. The minimum absolute atomic E-state index is 0.0675. The Kier molecular flexibility index (Phi) is 6.86. The highest BCUT2D eigenvalue weighted by molar-refractivity contribution is 8.02. The van der Waals surface area contributed by atoms with Gasteiger partial charge in [-0.05, 0) is 61.4 Å². The zero-order valence-corrected chi connectivity index (χ0v) is 22.8. The maximum Gasteiger partial charge on any atom is 0.222 e. The molecule has 0 saturated heterocycles. The van der Waals surface area contributed by atoms with Gasteiger partial charge in [-0.1, -0.05) is 24.3 Å². The number of aromatic carboxylic acids is 2. The number of carboxylic acid groups (broad SMARTS) is 2. The third-order valence-electron chi connectivity index (χ3n) is 6.45. The van der Waals surface area contributed by atoms with Gasteiger partial charge in [0.15, 0.2) is 9.79 Å². The van der Waals surface area contributed by atoms with E-state index in [1.54, 1.807) is 0 Å². The van der Waals surface area contributed by atoms with Gasteiger partial charge in [0.25, 0.3) is 0 Å². The van der Waals surface area contributed by atoms with E-state index in [1.807, 2.05) is 74.5 Å². The Hall–Kier alpha value is -3.88. The van der Waals surface area contributed by atoms with Crippen LogP contribution in [0.4, 0.5) is 0 Å². The second kappa shape index (κ2) is 10.1. The summed E-state index contributed by atoms with van der Waals surface area (Å²) in [6.45, 7) is 3.76. The first-order chi connectivity index (χ1) is 18.3. The molecule has 0 N–H and O–H groups in total. The van der Waals surface area contributed by atoms with Crippen molar-refractivity contribution in [1.29, 1.82) is 0 Å². The number of carboxylic acids is 2. The third-order valence-corrected chi connectivity index (χ3v) is 11.4. The Morgan fingerprint density at radius 3 is 1.16 bits per heavy atom. The largest absolute Gasteiger partial charge is 0.545 e. The second-order valence-electron chi connectivity index (χ2n) is 8.72. The van der Waals surface area contributed by atoms with Gasteiger partial charge < -0.3 is 29.3 Å². The van der Waals surface area contributed by atoms with Gasteiger partial charge in [0.05, 0.1) is 37.3 Å². The summed E-state index contributed by atoms with van der Waals surface area (Å²) < 4.78 is 10.8. The molecule has 1 aliphatic rings. The average Bonchev–Trinajstić information content (AvgIpc) is 2.91. The summed E-state index contributed by atoms with van der Waals surface area (Å²) in [4.78, 5) is 29.6. The van der Waals surface area contributed by atoms with Crippen LogP contribution in [0.1, 0.15) is 31.8 Å². The van der Waals surface area contributed by atoms with Crippen molar-refractivity contribution in [2.24, 2.45) is 0 Å². The molecule has 0 radical (unpaired) electrons. The highest BCUT2D eigenvalue weighted by atomic mass is 32.2. The van der Waals surface area contributed by atoms with Crippen molar-refractivity contribution in [3.8, 4) is 11.5 Å². The van der Waals surface area contributed by atoms with E-state index in [0.29, 0.717) is 21.3 Å². The van der Waals surface area contributed by atoms with Gasteiger partial charge in [-0.25, -0.2) is 0 Å². The van der Waals surface area contributed by atoms with Crippen LogP contribution in [0, 0.1) is 13.8 Å². The van der Waals surface area contributed by atoms with Crippen LogP contribution in [0.5, 0.6) is 11.5 Å². The lowest BCUT2D eigenvalue weighted by molar-refractivity contribution is -0.256. The number of ether oxygens (including phenoxy) is 2. The molecule has 4 aromatic rings. The zero-order chi connectivity index (χ0) is 27.1. The van der Waals surface area contributed by atoms with E-state index in [9.17, 15) is 19.8 Å². The fraction of sp³-hybridized carbons (Fsp3) is 0.133. The van der Waals surface area contributed by atoms with Gasteiger partial charge in [-0.15, -0.1) is 0 Å². The molecule has 5 rings (SSSR count). The number of carbonyl (C=O) groups excluding carboxylic acids is 2. The predicted octanol–water partition coefficient (Wildman–Crippen LogP) is 3.55. The number of methoxy groups -OCH3 is 2. The van der Waals surface area contributed by atoms with Crippen LogP contribution in [0.3, 0.4) is 0 Å². The Morgan fingerprint density at radius 2 is 0.895 bits per heavy atom. The SMILES string of the molecule is COc1cc(C(=O)[O-])c([S+]2c3ccccc3[S+](c3cc(C)c(OC)cc3C(=O)[O-])c3ccccc32)cc1C. The summed E-state index contributed by atoms with van der Waals surface area (Å²) in [5.41, 5.74) is 1.75. The lowest BCUT2D eigenvalue weighted by atomic mass is 10.1. The summed E-state index contributed by atoms with van der Waals surface area (Å²) in [5, 5.41) is 24.7. The number of benzene rings is 4. The maximum absolute atomic E-state index is 12.3. The van der Waals surface area contributed by atoms with E-state index in [1.165, 1.54) is 26.4 Å². The molecular weight excluding hydrogens is 520 g/mol. The van der Waals surface area contributed by atoms with E-state index in [-0.39, 0.29) is 11.1 Å². The van der Waals surface area contributed by atoms with Gasteiger partial charge >= 0.3 is 0 Å². The van der Waals surface area contributed by atoms with Crippen molar-refractivity contribution < 1.29 is 29.3 Å². The molecule has 0 aliphatic carbocycles. The van der Waals surface area contributed by atoms with Crippen LogP contribution in [0.25, 0.3) is 0 Å². The van der Waals surface area contributed by atoms with Crippen molar-refractivity contribution in [2.45, 2.75) is 43.2 Å². The summed E-state index contributed by atoms with van der Waals surface area (Å²) in [5.74, 6) is -1.62. The van der Waals surface area contributed by atoms with Crippen LogP contribution < -0.4 is 19.7 Å². The van der Waals surface area contributed by atoms with Crippen molar-refractivity contribution >= 4 is 33.7 Å². The molecule has 1 aliphatic heterocycles. The van der Waals surface area contributed by atoms with E-state index in [2.05, 4.69) is 0 Å². The zero-order valence-electron chi connectivity index (χ0n) is 21.2. The highest BCUT2D eigenvalue weighted by Crippen LogP contribution is 2.50. The summed E-state index contributed by atoms with van der Waals surface area (Å²) >= 11 is 0. The van der Waals surface area contributed by atoms with Gasteiger partial charge in [-0.2, -0.15) is 0 Å². The van der Waals surface area contributed by atoms with E-state index < -0.39 is 33.7 Å². The topological polar surface area (TPSA) is 98.7 Å². The van der Waals surface area contributed by atoms with Crippen molar-refractivity contribution in [3.63, 3.8) is 0 Å². The van der Waals surface area contributed by atoms with Crippen LogP contribution in [-0.2, 0) is 21.8 Å². The molecule has 0 fully saturated rings. The normalized spacial score (nSPS) is 15.8. The molecule has 38 heavy (non-hydrogen) atoms. The number of hydrogen-bond acceptors (Lipinski definition) is 6. The molecule has 6 nitrogen and oxygen atoms in total. The van der Waals surface area contributed by atoms with Crippen molar-refractivity contribution in [1.82, 2.24) is 0 Å². The molecular formula is C30H24O6S2. The summed E-state index contributed by atoms with van der Waals surface area (Å²) in [7, 11) is 1.43. The molecule has 0 spiro atoms. The van der Waals surface area contributed by atoms with E-state index >= 15 is 0 Å². The van der Waals surface area contributed by atoms with Crippen molar-refractivity contribution in [2.75, 3.05) is 14.2 Å². The quantitative estimate of drug-likeness (QED) is 0.303. The first kappa shape index (κ1) is 25.8. The molecule has 0 atom stereocenters. The minimum atomic E-state index is -1.28. The molecule has 0 saturated carbocycles. The molecule has 4 aromatic carbocycles. The van der Waals surface area contributed by atoms with E-state index in [0.717, 1.165) is 30.7 Å². The first-order valence-corrected chi connectivity index (χ1v) is 14.2. The molecule has 0 unspecified atom stereocenters. The Morgan fingerprint density at radius 1 is 0.579 bits per heavy atom. The molecule has 0 amide bonds.